The molecule has 0 aliphatic carbocycles. The fourth-order valence-electron chi connectivity index (χ4n) is 3.70. The van der Waals surface area contributed by atoms with Crippen LogP contribution in [0.5, 0.6) is 0 Å². The van der Waals surface area contributed by atoms with Gasteiger partial charge in [0.25, 0.3) is 5.91 Å². The van der Waals surface area contributed by atoms with Gasteiger partial charge in [-0.2, -0.15) is 0 Å². The van der Waals surface area contributed by atoms with E-state index in [1.165, 1.54) is 33.2 Å². The van der Waals surface area contributed by atoms with Crippen molar-refractivity contribution in [1.82, 2.24) is 5.32 Å². The third-order valence-corrected chi connectivity index (χ3v) is 5.34. The molecule has 1 aliphatic heterocycles. The Morgan fingerprint density at radius 1 is 1.08 bits per heavy atom. The van der Waals surface area contributed by atoms with Crippen molar-refractivity contribution in [2.24, 2.45) is 0 Å². The Morgan fingerprint density at radius 2 is 1.77 bits per heavy atom. The quantitative estimate of drug-likeness (QED) is 0.684. The monoisotopic (exact) mass is 357 g/mol. The molecule has 0 spiro atoms. The molecule has 1 atom stereocenters. The molecule has 2 aromatic carbocycles. The van der Waals surface area contributed by atoms with Crippen molar-refractivity contribution < 1.29 is 24.1 Å². The number of alkyl carbamates (subject to hydrolysis) is 1. The molecule has 2 aromatic rings. The van der Waals surface area contributed by atoms with Gasteiger partial charge in [0.2, 0.25) is 0 Å². The molecule has 1 saturated heterocycles. The average molecular weight is 357 g/mol. The van der Waals surface area contributed by atoms with Crippen LogP contribution in [0.3, 0.4) is 0 Å². The lowest BCUT2D eigenvalue weighted by Crippen LogP contribution is -3.29. The molecular formula is C20H27N3O3+2. The number of hydrogen-bond acceptors (Lipinski definition) is 3. The summed E-state index contributed by atoms with van der Waals surface area (Å²) in [6.45, 7) is 6.70. The lowest BCUT2D eigenvalue weighted by Gasteiger charge is -2.32. The van der Waals surface area contributed by atoms with E-state index in [0.717, 1.165) is 32.7 Å². The molecule has 1 heterocycles. The zero-order chi connectivity index (χ0) is 18.5. The number of benzene rings is 2. The van der Waals surface area contributed by atoms with Gasteiger partial charge in [-0.05, 0) is 17.7 Å². The maximum Gasteiger partial charge on any atom is 0.413 e. The fourth-order valence-corrected chi connectivity index (χ4v) is 3.70. The second-order valence-electron chi connectivity index (χ2n) is 6.93. The normalized spacial score (nSPS) is 21.2. The number of quaternary nitrogens is 2. The maximum absolute atomic E-state index is 12.1. The first-order chi connectivity index (χ1) is 12.6. The number of rotatable bonds is 4. The first-order valence-corrected chi connectivity index (χ1v) is 9.12. The van der Waals surface area contributed by atoms with Gasteiger partial charge in [-0.15, -0.1) is 0 Å². The van der Waals surface area contributed by atoms with Crippen LogP contribution in [-0.2, 0) is 16.1 Å². The topological polar surface area (TPSA) is 64.3 Å². The van der Waals surface area contributed by atoms with Gasteiger partial charge < -0.3 is 14.5 Å². The Morgan fingerprint density at radius 3 is 2.50 bits per heavy atom. The molecule has 3 rings (SSSR count). The second kappa shape index (κ2) is 8.29. The Kier molecular flexibility index (Phi) is 5.85. The van der Waals surface area contributed by atoms with Crippen molar-refractivity contribution in [3.8, 4) is 0 Å². The predicted octanol–water partition coefficient (Wildman–Crippen LogP) is -0.606. The molecule has 6 heteroatoms. The van der Waals surface area contributed by atoms with E-state index in [1.807, 2.05) is 6.92 Å². The van der Waals surface area contributed by atoms with Gasteiger partial charge in [0.15, 0.2) is 6.04 Å². The van der Waals surface area contributed by atoms with Crippen molar-refractivity contribution in [2.75, 3.05) is 33.3 Å². The van der Waals surface area contributed by atoms with E-state index in [4.69, 9.17) is 0 Å². The Hall–Kier alpha value is -2.44. The van der Waals surface area contributed by atoms with Crippen molar-refractivity contribution in [1.29, 1.82) is 0 Å². The van der Waals surface area contributed by atoms with Crippen molar-refractivity contribution in [3.63, 3.8) is 0 Å². The van der Waals surface area contributed by atoms with Crippen LogP contribution in [-0.4, -0.2) is 51.3 Å². The average Bonchev–Trinajstić information content (AvgIpc) is 2.68. The van der Waals surface area contributed by atoms with Crippen LogP contribution in [0, 0.1) is 0 Å². The number of nitrogens with one attached hydrogen (secondary N) is 3. The third-order valence-electron chi connectivity index (χ3n) is 5.34. The van der Waals surface area contributed by atoms with E-state index in [9.17, 15) is 9.59 Å². The van der Waals surface area contributed by atoms with Gasteiger partial charge in [-0.3, -0.25) is 10.1 Å². The van der Waals surface area contributed by atoms with Crippen LogP contribution < -0.4 is 15.1 Å². The molecule has 1 aliphatic rings. The largest absolute Gasteiger partial charge is 0.453 e. The predicted molar refractivity (Wildman–Crippen MR) is 99.1 cm³/mol. The van der Waals surface area contributed by atoms with Gasteiger partial charge >= 0.3 is 6.09 Å². The Labute approximate surface area is 153 Å². The van der Waals surface area contributed by atoms with Crippen LogP contribution in [0.2, 0.25) is 0 Å². The zero-order valence-electron chi connectivity index (χ0n) is 15.4. The number of carbonyl (C=O) groups excluding carboxylic acids is 2. The highest BCUT2D eigenvalue weighted by molar-refractivity contribution is 5.93. The number of fused-ring (bicyclic) bond motifs is 1. The van der Waals surface area contributed by atoms with Crippen molar-refractivity contribution in [3.05, 3.63) is 48.0 Å². The van der Waals surface area contributed by atoms with Crippen molar-refractivity contribution >= 4 is 22.8 Å². The number of carbonyl (C=O) groups is 2. The minimum Gasteiger partial charge on any atom is -0.453 e. The molecule has 1 fully saturated rings. The summed E-state index contributed by atoms with van der Waals surface area (Å²) in [6, 6.07) is 14.7. The summed E-state index contributed by atoms with van der Waals surface area (Å²) in [5.74, 6) is -0.274. The number of imide groups is 1. The highest BCUT2D eigenvalue weighted by atomic mass is 16.5. The maximum atomic E-state index is 12.1. The number of piperazine rings is 1. The van der Waals surface area contributed by atoms with Crippen LogP contribution in [0.1, 0.15) is 12.5 Å². The Bertz CT molecular complexity index is 779. The molecule has 0 bridgehead atoms. The van der Waals surface area contributed by atoms with Crippen LogP contribution >= 0.6 is 0 Å². The van der Waals surface area contributed by atoms with Crippen LogP contribution in [0.4, 0.5) is 4.79 Å². The standard InChI is InChI=1S/C20H25N3O3/c1-15(19(24)21-20(25)26-2)23-12-10-22(11-13-23)14-17-8-5-7-16-6-3-4-9-18(16)17/h3-9,15H,10-14H2,1-2H3,(H,21,24,25)/p+2/t15-/m1/s1. The first-order valence-electron chi connectivity index (χ1n) is 9.12. The summed E-state index contributed by atoms with van der Waals surface area (Å²) in [5, 5.41) is 4.87. The highest BCUT2D eigenvalue weighted by Gasteiger charge is 2.32. The smallest absolute Gasteiger partial charge is 0.413 e. The van der Waals surface area contributed by atoms with Gasteiger partial charge in [-0.25, -0.2) is 4.79 Å². The van der Waals surface area contributed by atoms with E-state index < -0.39 is 6.09 Å². The van der Waals surface area contributed by atoms with Crippen LogP contribution in [0.15, 0.2) is 42.5 Å². The van der Waals surface area contributed by atoms with Gasteiger partial charge in [0.05, 0.1) is 7.11 Å². The van der Waals surface area contributed by atoms with E-state index in [0.29, 0.717) is 0 Å². The molecule has 0 radical (unpaired) electrons. The summed E-state index contributed by atoms with van der Waals surface area (Å²) in [5.41, 5.74) is 1.37. The fraction of sp³-hybridized carbons (Fsp3) is 0.400. The summed E-state index contributed by atoms with van der Waals surface area (Å²) < 4.78 is 4.49. The van der Waals surface area contributed by atoms with Gasteiger partial charge in [0.1, 0.15) is 32.7 Å². The van der Waals surface area contributed by atoms with Crippen molar-refractivity contribution in [2.45, 2.75) is 19.5 Å². The third kappa shape index (κ3) is 4.20. The molecule has 3 N–H and O–H groups in total. The number of hydrogen-bond donors (Lipinski definition) is 3. The lowest BCUT2D eigenvalue weighted by atomic mass is 10.0. The molecule has 0 unspecified atom stereocenters. The molecule has 0 saturated carbocycles. The van der Waals surface area contributed by atoms with E-state index in [-0.39, 0.29) is 11.9 Å². The molecular weight excluding hydrogens is 330 g/mol. The highest BCUT2D eigenvalue weighted by Crippen LogP contribution is 2.17. The molecule has 138 valence electrons. The second-order valence-corrected chi connectivity index (χ2v) is 6.93. The lowest BCUT2D eigenvalue weighted by molar-refractivity contribution is -1.02. The van der Waals surface area contributed by atoms with E-state index in [2.05, 4.69) is 52.5 Å². The molecule has 2 amide bonds. The summed E-state index contributed by atoms with van der Waals surface area (Å²) in [6.07, 6.45) is -0.693. The van der Waals surface area contributed by atoms with Gasteiger partial charge in [0, 0.05) is 5.56 Å². The van der Waals surface area contributed by atoms with E-state index >= 15 is 0 Å². The number of methoxy groups -OCH3 is 1. The minimum atomic E-state index is -0.693. The summed E-state index contributed by atoms with van der Waals surface area (Å²) >= 11 is 0. The first kappa shape index (κ1) is 18.4. The summed E-state index contributed by atoms with van der Waals surface area (Å²) in [7, 11) is 1.26. The minimum absolute atomic E-state index is 0.256. The SMILES string of the molecule is COC(=O)NC(=O)[C@@H](C)[NH+]1CC[NH+](Cc2cccc3ccccc23)CC1. The summed E-state index contributed by atoms with van der Waals surface area (Å²) in [4.78, 5) is 26.0. The zero-order valence-corrected chi connectivity index (χ0v) is 15.4. The van der Waals surface area contributed by atoms with E-state index in [1.54, 1.807) is 0 Å². The number of amides is 2. The van der Waals surface area contributed by atoms with Crippen LogP contribution in [0.25, 0.3) is 10.8 Å². The molecule has 0 aromatic heterocycles. The molecule has 6 nitrogen and oxygen atoms in total. The Balaban J connectivity index is 1.57. The molecule has 26 heavy (non-hydrogen) atoms. The number of ether oxygens (including phenoxy) is 1. The van der Waals surface area contributed by atoms with Gasteiger partial charge in [-0.1, -0.05) is 42.5 Å².